The molecule has 315 valence electrons. The van der Waals surface area contributed by atoms with E-state index in [1.807, 2.05) is 37.3 Å². The standard InChI is InChI=1S/C37H32N3O.C18H22NSi.Ir/c1-22(2)30-20-26(25-12-7-6-8-13-25)21-31(23(3)4)34(30)40-33-17-10-9-16-32(33)39-36(40)29-15-11-14-27-28-19-18-24(5)38-37(28)41-35(27)29;1-20(2,3)17-13-19-18(14-9-5-4-6-10-14)16-12-8-7-11-15(16)17;/h6-14,16-23H,1-5H3;4-6,9,13H,7-8,11-12H2,1-3H3;/q2*-1;. The van der Waals surface area contributed by atoms with Crippen LogP contribution in [0.5, 0.6) is 0 Å². The average Bonchev–Trinajstić information content (AvgIpc) is 3.84. The molecule has 0 bridgehead atoms. The van der Waals surface area contributed by atoms with E-state index in [0.29, 0.717) is 17.5 Å². The summed E-state index contributed by atoms with van der Waals surface area (Å²) in [5.41, 5.74) is 16.8. The second-order valence-corrected chi connectivity index (χ2v) is 23.2. The van der Waals surface area contributed by atoms with E-state index in [1.165, 1.54) is 64.9 Å². The zero-order valence-electron chi connectivity index (χ0n) is 37.1. The first-order valence-electron chi connectivity index (χ1n) is 21.9. The number of aromatic nitrogens is 4. The Bertz CT molecular complexity index is 3000. The molecular weight excluding hydrogens is 953 g/mol. The predicted octanol–water partition coefficient (Wildman–Crippen LogP) is 14.0. The molecule has 4 aromatic heterocycles. The summed E-state index contributed by atoms with van der Waals surface area (Å²) >= 11 is 0. The molecule has 0 saturated carbocycles. The van der Waals surface area contributed by atoms with E-state index >= 15 is 0 Å². The molecule has 1 aliphatic rings. The molecular formula is C55H54IrN4OSi-2. The first-order chi connectivity index (χ1) is 29.5. The summed E-state index contributed by atoms with van der Waals surface area (Å²) in [5, 5.41) is 3.58. The molecule has 4 heterocycles. The molecule has 0 aliphatic heterocycles. The Balaban J connectivity index is 0.000000212. The van der Waals surface area contributed by atoms with Crippen LogP contribution in [0.25, 0.3) is 72.6 Å². The first kappa shape index (κ1) is 43.2. The normalized spacial score (nSPS) is 12.7. The Hall–Kier alpha value is -5.46. The van der Waals surface area contributed by atoms with Crippen LogP contribution in [0.15, 0.2) is 126 Å². The number of furan rings is 1. The van der Waals surface area contributed by atoms with Crippen molar-refractivity contribution in [1.82, 2.24) is 19.5 Å². The van der Waals surface area contributed by atoms with Gasteiger partial charge in [0.2, 0.25) is 5.71 Å². The van der Waals surface area contributed by atoms with Crippen LogP contribution in [0, 0.1) is 19.1 Å². The maximum Gasteiger partial charge on any atom is 0.216 e. The van der Waals surface area contributed by atoms with Gasteiger partial charge in [0.15, 0.2) is 0 Å². The fourth-order valence-electron chi connectivity index (χ4n) is 9.08. The Labute approximate surface area is 381 Å². The van der Waals surface area contributed by atoms with Crippen LogP contribution in [0.2, 0.25) is 19.6 Å². The smallest absolute Gasteiger partial charge is 0.216 e. The molecule has 0 atom stereocenters. The summed E-state index contributed by atoms with van der Waals surface area (Å²) in [5.74, 6) is 1.40. The van der Waals surface area contributed by atoms with Gasteiger partial charge in [-0.3, -0.25) is 4.98 Å². The third-order valence-corrected chi connectivity index (χ3v) is 14.2. The zero-order chi connectivity index (χ0) is 42.4. The van der Waals surface area contributed by atoms with Gasteiger partial charge in [-0.05, 0) is 114 Å². The number of para-hydroxylation sites is 2. The van der Waals surface area contributed by atoms with Crippen LogP contribution in [0.1, 0.15) is 80.3 Å². The van der Waals surface area contributed by atoms with Crippen molar-refractivity contribution in [3.63, 3.8) is 0 Å². The molecule has 7 heteroatoms. The van der Waals surface area contributed by atoms with Gasteiger partial charge in [-0.2, -0.15) is 0 Å². The predicted molar refractivity (Wildman–Crippen MR) is 257 cm³/mol. The Morgan fingerprint density at radius 2 is 1.39 bits per heavy atom. The number of fused-ring (bicyclic) bond motifs is 5. The number of pyridine rings is 2. The van der Waals surface area contributed by atoms with Crippen LogP contribution in [-0.4, -0.2) is 27.6 Å². The number of hydrogen-bond donors (Lipinski definition) is 0. The third-order valence-electron chi connectivity index (χ3n) is 12.1. The maximum absolute atomic E-state index is 6.44. The van der Waals surface area contributed by atoms with E-state index in [1.54, 1.807) is 10.8 Å². The fourth-order valence-corrected chi connectivity index (χ4v) is 10.7. The summed E-state index contributed by atoms with van der Waals surface area (Å²) in [6, 6.07) is 47.0. The van der Waals surface area contributed by atoms with Crippen LogP contribution in [0.3, 0.4) is 0 Å². The molecule has 5 nitrogen and oxygen atoms in total. The molecule has 0 spiro atoms. The van der Waals surface area contributed by atoms with E-state index < -0.39 is 8.07 Å². The summed E-state index contributed by atoms with van der Waals surface area (Å²) in [6.07, 6.45) is 7.19. The second kappa shape index (κ2) is 17.7. The van der Waals surface area contributed by atoms with Gasteiger partial charge in [-0.15, -0.1) is 54.1 Å². The molecule has 0 unspecified atom stereocenters. The van der Waals surface area contributed by atoms with Crippen molar-refractivity contribution in [2.45, 2.75) is 91.8 Å². The minimum atomic E-state index is -1.31. The third kappa shape index (κ3) is 8.14. The number of benzene rings is 5. The van der Waals surface area contributed by atoms with Gasteiger partial charge in [0.1, 0.15) is 0 Å². The van der Waals surface area contributed by atoms with E-state index in [0.717, 1.165) is 50.0 Å². The summed E-state index contributed by atoms with van der Waals surface area (Å²) in [4.78, 5) is 14.7. The van der Waals surface area contributed by atoms with Crippen LogP contribution < -0.4 is 5.19 Å². The Morgan fingerprint density at radius 1 is 0.694 bits per heavy atom. The molecule has 1 aliphatic carbocycles. The Morgan fingerprint density at radius 3 is 2.08 bits per heavy atom. The minimum Gasteiger partial charge on any atom is -0.486 e. The monoisotopic (exact) mass is 1010 g/mol. The number of nitrogens with zero attached hydrogens (tertiary/aromatic N) is 4. The molecule has 9 aromatic rings. The van der Waals surface area contributed by atoms with Crippen molar-refractivity contribution in [3.05, 3.63) is 162 Å². The van der Waals surface area contributed by atoms with E-state index in [9.17, 15) is 0 Å². The summed E-state index contributed by atoms with van der Waals surface area (Å²) < 4.78 is 8.78. The van der Waals surface area contributed by atoms with Gasteiger partial charge < -0.3 is 14.0 Å². The van der Waals surface area contributed by atoms with Gasteiger partial charge in [0.05, 0.1) is 30.5 Å². The Kier molecular flexibility index (Phi) is 12.3. The van der Waals surface area contributed by atoms with Crippen molar-refractivity contribution in [2.75, 3.05) is 0 Å². The second-order valence-electron chi connectivity index (χ2n) is 18.2. The van der Waals surface area contributed by atoms with Crippen molar-refractivity contribution in [2.24, 2.45) is 0 Å². The number of hydrogen-bond acceptors (Lipinski definition) is 4. The maximum atomic E-state index is 6.44. The van der Waals surface area contributed by atoms with Gasteiger partial charge >= 0.3 is 0 Å². The average molecular weight is 1010 g/mol. The molecule has 62 heavy (non-hydrogen) atoms. The molecule has 0 amide bonds. The van der Waals surface area contributed by atoms with E-state index in [-0.39, 0.29) is 20.1 Å². The van der Waals surface area contributed by atoms with Crippen LogP contribution in [-0.2, 0) is 32.9 Å². The van der Waals surface area contributed by atoms with Crippen molar-refractivity contribution in [1.29, 1.82) is 0 Å². The largest absolute Gasteiger partial charge is 0.486 e. The molecule has 0 N–H and O–H groups in total. The number of aryl methyl sites for hydroxylation is 1. The van der Waals surface area contributed by atoms with E-state index in [2.05, 4.69) is 160 Å². The number of imidazole rings is 1. The summed E-state index contributed by atoms with van der Waals surface area (Å²) in [6.45, 7) is 18.4. The molecule has 1 radical (unpaired) electrons. The van der Waals surface area contributed by atoms with Crippen molar-refractivity contribution in [3.8, 4) is 39.5 Å². The molecule has 0 saturated heterocycles. The quantitative estimate of drug-likeness (QED) is 0.118. The van der Waals surface area contributed by atoms with Crippen molar-refractivity contribution >= 4 is 46.4 Å². The molecule has 5 aromatic carbocycles. The van der Waals surface area contributed by atoms with E-state index in [4.69, 9.17) is 14.4 Å². The molecule has 0 fully saturated rings. The van der Waals surface area contributed by atoms with Crippen LogP contribution >= 0.6 is 0 Å². The van der Waals surface area contributed by atoms with Crippen LogP contribution in [0.4, 0.5) is 0 Å². The van der Waals surface area contributed by atoms with Gasteiger partial charge in [-0.1, -0.05) is 112 Å². The van der Waals surface area contributed by atoms with Gasteiger partial charge in [0, 0.05) is 43.1 Å². The topological polar surface area (TPSA) is 56.7 Å². The molecule has 10 rings (SSSR count). The van der Waals surface area contributed by atoms with Gasteiger partial charge in [0.25, 0.3) is 0 Å². The van der Waals surface area contributed by atoms with Crippen molar-refractivity contribution < 1.29 is 24.5 Å². The summed E-state index contributed by atoms with van der Waals surface area (Å²) in [7, 11) is -1.31. The zero-order valence-corrected chi connectivity index (χ0v) is 40.5. The number of rotatable bonds is 7. The fraction of sp³-hybridized carbons (Fsp3) is 0.255. The first-order valence-corrected chi connectivity index (χ1v) is 25.4. The SMILES string of the molecule is C[Si](C)(C)c1cnc(-c2[c-]cccc2)c2c1CCCC2.Cc1ccc2c(n1)oc1c(-c3nc4ccccc4n3-c3c(C(C)C)cc(-c4ccccc4)cc3C(C)C)[c-]ccc12.[Ir]. The minimum absolute atomic E-state index is 0. The van der Waals surface area contributed by atoms with Gasteiger partial charge in [-0.25, -0.2) is 4.98 Å².